The summed E-state index contributed by atoms with van der Waals surface area (Å²) >= 11 is 6.16. The number of amides is 1. The van der Waals surface area contributed by atoms with Gasteiger partial charge in [0.2, 0.25) is 15.9 Å². The summed E-state index contributed by atoms with van der Waals surface area (Å²) in [6.45, 7) is 3.18. The molecule has 0 atom stereocenters. The highest BCUT2D eigenvalue weighted by molar-refractivity contribution is 7.92. The normalized spacial score (nSPS) is 15.5. The van der Waals surface area contributed by atoms with Crippen molar-refractivity contribution in [2.45, 2.75) is 0 Å². The molecule has 160 valence electrons. The third-order valence-electron chi connectivity index (χ3n) is 5.00. The molecular formula is C22H26ClN3O3S. The first-order valence-electron chi connectivity index (χ1n) is 9.78. The fraction of sp³-hybridized carbons (Fsp3) is 0.318. The van der Waals surface area contributed by atoms with Gasteiger partial charge in [-0.05, 0) is 17.7 Å². The van der Waals surface area contributed by atoms with Crippen LogP contribution < -0.4 is 4.31 Å². The zero-order chi connectivity index (χ0) is 21.6. The number of carbonyl (C=O) groups is 1. The monoisotopic (exact) mass is 447 g/mol. The number of piperazine rings is 1. The van der Waals surface area contributed by atoms with Crippen molar-refractivity contribution in [1.29, 1.82) is 0 Å². The molecule has 0 aromatic heterocycles. The van der Waals surface area contributed by atoms with Gasteiger partial charge in [0.25, 0.3) is 0 Å². The van der Waals surface area contributed by atoms with Gasteiger partial charge in [0.15, 0.2) is 0 Å². The van der Waals surface area contributed by atoms with E-state index in [4.69, 9.17) is 11.6 Å². The largest absolute Gasteiger partial charge is 0.339 e. The van der Waals surface area contributed by atoms with Gasteiger partial charge in [0.1, 0.15) is 6.54 Å². The Hall–Kier alpha value is -2.35. The number of hydrogen-bond acceptors (Lipinski definition) is 4. The van der Waals surface area contributed by atoms with E-state index in [0.29, 0.717) is 23.8 Å². The highest BCUT2D eigenvalue weighted by atomic mass is 35.5. The van der Waals surface area contributed by atoms with Crippen molar-refractivity contribution in [2.75, 3.05) is 49.8 Å². The number of hydrogen-bond donors (Lipinski definition) is 0. The molecule has 0 radical (unpaired) electrons. The topological polar surface area (TPSA) is 60.9 Å². The first-order chi connectivity index (χ1) is 14.3. The standard InChI is InChI=1S/C22H26ClN3O3S/c1-30(28,29)26(21-12-6-5-11-20(21)23)18-22(27)25-16-14-24(15-17-25)13-7-10-19-8-3-2-4-9-19/h2-12H,13-18H2,1H3. The average Bonchev–Trinajstić information content (AvgIpc) is 2.73. The molecule has 0 saturated carbocycles. The van der Waals surface area contributed by atoms with Gasteiger partial charge in [0.05, 0.1) is 17.0 Å². The van der Waals surface area contributed by atoms with Crippen LogP contribution in [0.3, 0.4) is 0 Å². The highest BCUT2D eigenvalue weighted by Gasteiger charge is 2.27. The number of sulfonamides is 1. The minimum atomic E-state index is -3.64. The maximum atomic E-state index is 12.8. The molecule has 2 aromatic rings. The van der Waals surface area contributed by atoms with E-state index in [0.717, 1.165) is 35.8 Å². The molecule has 0 spiro atoms. The molecule has 0 unspecified atom stereocenters. The lowest BCUT2D eigenvalue weighted by molar-refractivity contribution is -0.131. The van der Waals surface area contributed by atoms with E-state index in [1.165, 1.54) is 0 Å². The Kier molecular flexibility index (Phi) is 7.53. The zero-order valence-corrected chi connectivity index (χ0v) is 18.5. The van der Waals surface area contributed by atoms with E-state index in [1.807, 2.05) is 18.2 Å². The Morgan fingerprint density at radius 1 is 1.03 bits per heavy atom. The van der Waals surface area contributed by atoms with Crippen LogP contribution in [0.15, 0.2) is 60.7 Å². The zero-order valence-electron chi connectivity index (χ0n) is 16.9. The van der Waals surface area contributed by atoms with Crippen LogP contribution in [-0.4, -0.2) is 69.6 Å². The molecule has 0 bridgehead atoms. The third kappa shape index (κ3) is 6.08. The fourth-order valence-corrected chi connectivity index (χ4v) is 4.49. The van der Waals surface area contributed by atoms with Crippen molar-refractivity contribution in [3.63, 3.8) is 0 Å². The number of benzene rings is 2. The molecule has 1 aliphatic heterocycles. The van der Waals surface area contributed by atoms with Crippen molar-refractivity contribution in [1.82, 2.24) is 9.80 Å². The smallest absolute Gasteiger partial charge is 0.243 e. The van der Waals surface area contributed by atoms with Gasteiger partial charge in [-0.3, -0.25) is 14.0 Å². The quantitative estimate of drug-likeness (QED) is 0.654. The second-order valence-corrected chi connectivity index (χ2v) is 9.53. The Morgan fingerprint density at radius 3 is 2.30 bits per heavy atom. The summed E-state index contributed by atoms with van der Waals surface area (Å²) in [6, 6.07) is 16.8. The first kappa shape index (κ1) is 22.3. The van der Waals surface area contributed by atoms with Crippen LogP contribution in [-0.2, 0) is 14.8 Å². The van der Waals surface area contributed by atoms with E-state index in [1.54, 1.807) is 29.2 Å². The predicted octanol–water partition coefficient (Wildman–Crippen LogP) is 2.96. The summed E-state index contributed by atoms with van der Waals surface area (Å²) in [6.07, 6.45) is 5.29. The molecule has 1 aliphatic rings. The Bertz CT molecular complexity index is 988. The number of carbonyl (C=O) groups excluding carboxylic acids is 1. The SMILES string of the molecule is CS(=O)(=O)N(CC(=O)N1CCN(CC=Cc2ccccc2)CC1)c1ccccc1Cl. The molecule has 1 amide bonds. The van der Waals surface area contributed by atoms with Crippen molar-refractivity contribution in [3.05, 3.63) is 71.3 Å². The molecule has 0 N–H and O–H groups in total. The summed E-state index contributed by atoms with van der Waals surface area (Å²) in [5.74, 6) is -0.222. The van der Waals surface area contributed by atoms with Crippen LogP contribution >= 0.6 is 11.6 Å². The van der Waals surface area contributed by atoms with Crippen LogP contribution in [0.25, 0.3) is 6.08 Å². The van der Waals surface area contributed by atoms with Gasteiger partial charge in [-0.15, -0.1) is 0 Å². The summed E-state index contributed by atoms with van der Waals surface area (Å²) in [7, 11) is -3.64. The minimum Gasteiger partial charge on any atom is -0.339 e. The number of rotatable bonds is 7. The van der Waals surface area contributed by atoms with Crippen molar-refractivity contribution in [2.24, 2.45) is 0 Å². The van der Waals surface area contributed by atoms with Gasteiger partial charge >= 0.3 is 0 Å². The average molecular weight is 448 g/mol. The Labute approximate surface area is 183 Å². The van der Waals surface area contributed by atoms with Crippen LogP contribution in [0.5, 0.6) is 0 Å². The van der Waals surface area contributed by atoms with E-state index in [2.05, 4.69) is 29.2 Å². The molecule has 0 aliphatic carbocycles. The van der Waals surface area contributed by atoms with Crippen molar-refractivity contribution >= 4 is 39.3 Å². The van der Waals surface area contributed by atoms with E-state index in [9.17, 15) is 13.2 Å². The molecular weight excluding hydrogens is 422 g/mol. The maximum Gasteiger partial charge on any atom is 0.243 e. The summed E-state index contributed by atoms with van der Waals surface area (Å²) < 4.78 is 25.6. The lowest BCUT2D eigenvalue weighted by Gasteiger charge is -2.35. The molecule has 1 heterocycles. The van der Waals surface area contributed by atoms with Crippen molar-refractivity contribution < 1.29 is 13.2 Å². The molecule has 1 saturated heterocycles. The van der Waals surface area contributed by atoms with Crippen LogP contribution in [0.4, 0.5) is 5.69 Å². The summed E-state index contributed by atoms with van der Waals surface area (Å²) in [5, 5.41) is 0.297. The van der Waals surface area contributed by atoms with Gasteiger partial charge < -0.3 is 4.90 Å². The number of para-hydroxylation sites is 1. The molecule has 3 rings (SSSR count). The molecule has 6 nitrogen and oxygen atoms in total. The first-order valence-corrected chi connectivity index (χ1v) is 12.0. The molecule has 30 heavy (non-hydrogen) atoms. The predicted molar refractivity (Wildman–Crippen MR) is 122 cm³/mol. The third-order valence-corrected chi connectivity index (χ3v) is 6.44. The van der Waals surface area contributed by atoms with Crippen LogP contribution in [0.2, 0.25) is 5.02 Å². The molecule has 1 fully saturated rings. The Balaban J connectivity index is 1.55. The highest BCUT2D eigenvalue weighted by Crippen LogP contribution is 2.27. The van der Waals surface area contributed by atoms with Gasteiger partial charge in [0, 0.05) is 32.7 Å². The minimum absolute atomic E-state index is 0.222. The number of anilines is 1. The summed E-state index contributed by atoms with van der Waals surface area (Å²) in [5.41, 5.74) is 1.48. The summed E-state index contributed by atoms with van der Waals surface area (Å²) in [4.78, 5) is 16.8. The molecule has 2 aromatic carbocycles. The lowest BCUT2D eigenvalue weighted by Crippen LogP contribution is -2.51. The Morgan fingerprint density at radius 2 is 1.67 bits per heavy atom. The lowest BCUT2D eigenvalue weighted by atomic mass is 10.2. The van der Waals surface area contributed by atoms with Gasteiger partial charge in [-0.2, -0.15) is 0 Å². The second-order valence-electron chi connectivity index (χ2n) is 7.22. The van der Waals surface area contributed by atoms with Gasteiger partial charge in [-0.25, -0.2) is 8.42 Å². The van der Waals surface area contributed by atoms with E-state index in [-0.39, 0.29) is 12.5 Å². The van der Waals surface area contributed by atoms with Gasteiger partial charge in [-0.1, -0.05) is 66.2 Å². The second kappa shape index (κ2) is 10.1. The van der Waals surface area contributed by atoms with E-state index < -0.39 is 10.0 Å². The van der Waals surface area contributed by atoms with Crippen molar-refractivity contribution in [3.8, 4) is 0 Å². The van der Waals surface area contributed by atoms with E-state index >= 15 is 0 Å². The fourth-order valence-electron chi connectivity index (χ4n) is 3.34. The van der Waals surface area contributed by atoms with Crippen LogP contribution in [0, 0.1) is 0 Å². The molecule has 8 heteroatoms. The van der Waals surface area contributed by atoms with Crippen LogP contribution in [0.1, 0.15) is 5.56 Å². The maximum absolute atomic E-state index is 12.8. The number of halogens is 1. The number of nitrogens with zero attached hydrogens (tertiary/aromatic N) is 3.